The van der Waals surface area contributed by atoms with Gasteiger partial charge in [-0.25, -0.2) is 0 Å². The summed E-state index contributed by atoms with van der Waals surface area (Å²) >= 11 is 0. The van der Waals surface area contributed by atoms with Crippen molar-refractivity contribution in [1.29, 1.82) is 0 Å². The summed E-state index contributed by atoms with van der Waals surface area (Å²) in [5.41, 5.74) is 1.42. The standard InChI is InChI=1S/C18H28N2O/c1-21-12-6-5-11-20-14-17(15-7-3-2-4-8-15)19-13-18(20)16-9-10-16/h2-4,7-8,16-19H,5-6,9-14H2,1H3. The van der Waals surface area contributed by atoms with Gasteiger partial charge in [0.05, 0.1) is 0 Å². The van der Waals surface area contributed by atoms with Crippen molar-refractivity contribution >= 4 is 0 Å². The normalized spacial score (nSPS) is 26.9. The second-order valence-electron chi connectivity index (χ2n) is 6.47. The summed E-state index contributed by atoms with van der Waals surface area (Å²) < 4.78 is 5.18. The lowest BCUT2D eigenvalue weighted by Crippen LogP contribution is -2.53. The molecular formula is C18H28N2O. The zero-order chi connectivity index (χ0) is 14.5. The lowest BCUT2D eigenvalue weighted by atomic mass is 9.99. The van der Waals surface area contributed by atoms with E-state index in [1.807, 2.05) is 0 Å². The highest BCUT2D eigenvalue weighted by Gasteiger charge is 2.38. The van der Waals surface area contributed by atoms with Crippen molar-refractivity contribution in [2.24, 2.45) is 5.92 Å². The molecule has 0 amide bonds. The fourth-order valence-corrected chi connectivity index (χ4v) is 3.50. The van der Waals surface area contributed by atoms with Gasteiger partial charge in [-0.3, -0.25) is 4.90 Å². The van der Waals surface area contributed by atoms with E-state index >= 15 is 0 Å². The van der Waals surface area contributed by atoms with Crippen LogP contribution in [0.3, 0.4) is 0 Å². The molecule has 0 radical (unpaired) electrons. The van der Waals surface area contributed by atoms with Crippen molar-refractivity contribution in [1.82, 2.24) is 10.2 Å². The van der Waals surface area contributed by atoms with Crippen LogP contribution in [0.2, 0.25) is 0 Å². The Bertz CT molecular complexity index is 418. The molecule has 2 aliphatic rings. The Morgan fingerprint density at radius 1 is 1.19 bits per heavy atom. The number of hydrogen-bond donors (Lipinski definition) is 1. The summed E-state index contributed by atoms with van der Waals surface area (Å²) in [5, 5.41) is 3.77. The lowest BCUT2D eigenvalue weighted by Gasteiger charge is -2.41. The summed E-state index contributed by atoms with van der Waals surface area (Å²) in [5.74, 6) is 0.941. The van der Waals surface area contributed by atoms with E-state index in [0.29, 0.717) is 6.04 Å². The molecule has 0 spiro atoms. The first-order valence-electron chi connectivity index (χ1n) is 8.40. The predicted octanol–water partition coefficient (Wildman–Crippen LogP) is 2.84. The molecule has 116 valence electrons. The number of hydrogen-bond acceptors (Lipinski definition) is 3. The number of rotatable bonds is 7. The minimum absolute atomic E-state index is 0.489. The highest BCUT2D eigenvalue weighted by molar-refractivity contribution is 5.20. The molecule has 3 heteroatoms. The molecular weight excluding hydrogens is 260 g/mol. The van der Waals surface area contributed by atoms with Gasteiger partial charge in [0.2, 0.25) is 0 Å². The maximum atomic E-state index is 5.18. The molecule has 3 rings (SSSR count). The number of ether oxygens (including phenoxy) is 1. The maximum Gasteiger partial charge on any atom is 0.0462 e. The SMILES string of the molecule is COCCCCN1CC(c2ccccc2)NCC1C1CC1. The molecule has 1 aromatic rings. The third-order valence-electron chi connectivity index (χ3n) is 4.87. The van der Waals surface area contributed by atoms with Crippen LogP contribution < -0.4 is 5.32 Å². The Balaban J connectivity index is 1.58. The van der Waals surface area contributed by atoms with Crippen molar-refractivity contribution in [3.8, 4) is 0 Å². The van der Waals surface area contributed by atoms with Gasteiger partial charge in [0.25, 0.3) is 0 Å². The molecule has 1 heterocycles. The average molecular weight is 288 g/mol. The van der Waals surface area contributed by atoms with Crippen molar-refractivity contribution in [3.05, 3.63) is 35.9 Å². The van der Waals surface area contributed by atoms with E-state index in [0.717, 1.165) is 31.7 Å². The van der Waals surface area contributed by atoms with Crippen molar-refractivity contribution < 1.29 is 4.74 Å². The minimum atomic E-state index is 0.489. The fraction of sp³-hybridized carbons (Fsp3) is 0.667. The Labute approximate surface area is 128 Å². The Kier molecular flexibility index (Phi) is 5.28. The molecule has 2 unspecified atom stereocenters. The van der Waals surface area contributed by atoms with E-state index < -0.39 is 0 Å². The number of piperazine rings is 1. The van der Waals surface area contributed by atoms with E-state index in [9.17, 15) is 0 Å². The van der Waals surface area contributed by atoms with Crippen LogP contribution in [0.1, 0.15) is 37.3 Å². The molecule has 2 atom stereocenters. The van der Waals surface area contributed by atoms with Crippen molar-refractivity contribution in [3.63, 3.8) is 0 Å². The van der Waals surface area contributed by atoms with Crippen LogP contribution in [0.4, 0.5) is 0 Å². The Hall–Kier alpha value is -0.900. The molecule has 0 aromatic heterocycles. The van der Waals surface area contributed by atoms with Crippen LogP contribution in [0.5, 0.6) is 0 Å². The van der Waals surface area contributed by atoms with E-state index in [1.165, 1.54) is 37.8 Å². The Morgan fingerprint density at radius 3 is 2.71 bits per heavy atom. The second kappa shape index (κ2) is 7.39. The minimum Gasteiger partial charge on any atom is -0.385 e. The van der Waals surface area contributed by atoms with Crippen LogP contribution >= 0.6 is 0 Å². The lowest BCUT2D eigenvalue weighted by molar-refractivity contribution is 0.107. The van der Waals surface area contributed by atoms with Crippen molar-refractivity contribution in [2.45, 2.75) is 37.8 Å². The fourth-order valence-electron chi connectivity index (χ4n) is 3.50. The van der Waals surface area contributed by atoms with Gasteiger partial charge < -0.3 is 10.1 Å². The molecule has 0 bridgehead atoms. The average Bonchev–Trinajstić information content (AvgIpc) is 3.37. The van der Waals surface area contributed by atoms with Crippen LogP contribution in [0.15, 0.2) is 30.3 Å². The molecule has 1 aliphatic heterocycles. The molecule has 21 heavy (non-hydrogen) atoms. The first-order valence-corrected chi connectivity index (χ1v) is 8.40. The van der Waals surface area contributed by atoms with Crippen LogP contribution in [-0.2, 0) is 4.74 Å². The Morgan fingerprint density at radius 2 is 2.00 bits per heavy atom. The summed E-state index contributed by atoms with van der Waals surface area (Å²) in [6.45, 7) is 4.41. The molecule has 1 aliphatic carbocycles. The topological polar surface area (TPSA) is 24.5 Å². The van der Waals surface area contributed by atoms with Gasteiger partial charge in [-0.15, -0.1) is 0 Å². The molecule has 1 saturated carbocycles. The third-order valence-corrected chi connectivity index (χ3v) is 4.87. The number of benzene rings is 1. The zero-order valence-corrected chi connectivity index (χ0v) is 13.1. The van der Waals surface area contributed by atoms with Gasteiger partial charge in [-0.1, -0.05) is 30.3 Å². The summed E-state index contributed by atoms with van der Waals surface area (Å²) in [4.78, 5) is 2.74. The van der Waals surface area contributed by atoms with Crippen LogP contribution in [0.25, 0.3) is 0 Å². The van der Waals surface area contributed by atoms with E-state index in [4.69, 9.17) is 4.74 Å². The van der Waals surface area contributed by atoms with Gasteiger partial charge in [-0.05, 0) is 43.7 Å². The zero-order valence-electron chi connectivity index (χ0n) is 13.1. The maximum absolute atomic E-state index is 5.18. The number of nitrogens with one attached hydrogen (secondary N) is 1. The van der Waals surface area contributed by atoms with Gasteiger partial charge >= 0.3 is 0 Å². The highest BCUT2D eigenvalue weighted by Crippen LogP contribution is 2.37. The first kappa shape index (κ1) is 15.0. The van der Waals surface area contributed by atoms with E-state index in [2.05, 4.69) is 40.5 Å². The highest BCUT2D eigenvalue weighted by atomic mass is 16.5. The summed E-state index contributed by atoms with van der Waals surface area (Å²) in [7, 11) is 1.79. The van der Waals surface area contributed by atoms with Gasteiger partial charge in [0.1, 0.15) is 0 Å². The third kappa shape index (κ3) is 4.06. The smallest absolute Gasteiger partial charge is 0.0462 e. The van der Waals surface area contributed by atoms with Crippen LogP contribution in [-0.4, -0.2) is 44.3 Å². The first-order chi connectivity index (χ1) is 10.4. The quantitative estimate of drug-likeness (QED) is 0.781. The van der Waals surface area contributed by atoms with Gasteiger partial charge in [0, 0.05) is 38.9 Å². The second-order valence-corrected chi connectivity index (χ2v) is 6.47. The molecule has 1 aromatic carbocycles. The summed E-state index contributed by atoms with van der Waals surface area (Å²) in [6.07, 6.45) is 5.28. The summed E-state index contributed by atoms with van der Waals surface area (Å²) in [6, 6.07) is 12.1. The monoisotopic (exact) mass is 288 g/mol. The number of nitrogens with zero attached hydrogens (tertiary/aromatic N) is 1. The number of methoxy groups -OCH3 is 1. The van der Waals surface area contributed by atoms with Crippen LogP contribution in [0, 0.1) is 5.92 Å². The van der Waals surface area contributed by atoms with E-state index in [-0.39, 0.29) is 0 Å². The molecule has 1 N–H and O–H groups in total. The van der Waals surface area contributed by atoms with Gasteiger partial charge in [-0.2, -0.15) is 0 Å². The molecule has 3 nitrogen and oxygen atoms in total. The molecule has 1 saturated heterocycles. The largest absolute Gasteiger partial charge is 0.385 e. The predicted molar refractivity (Wildman–Crippen MR) is 86.4 cm³/mol. The van der Waals surface area contributed by atoms with Gasteiger partial charge in [0.15, 0.2) is 0 Å². The van der Waals surface area contributed by atoms with Crippen molar-refractivity contribution in [2.75, 3.05) is 33.4 Å². The molecule has 2 fully saturated rings. The van der Waals surface area contributed by atoms with E-state index in [1.54, 1.807) is 7.11 Å². The number of unbranched alkanes of at least 4 members (excludes halogenated alkanes) is 1.